The topological polar surface area (TPSA) is 81.2 Å². The maximum atomic E-state index is 8.55. The lowest BCUT2D eigenvalue weighted by Gasteiger charge is -2.11. The number of benzene rings is 1. The van der Waals surface area contributed by atoms with E-state index < -0.39 is 0 Å². The van der Waals surface area contributed by atoms with Crippen molar-refractivity contribution in [3.63, 3.8) is 0 Å². The number of halogens is 2. The summed E-state index contributed by atoms with van der Waals surface area (Å²) in [5.41, 5.74) is 2.69. The highest BCUT2D eigenvalue weighted by atomic mass is 127. The van der Waals surface area contributed by atoms with Crippen molar-refractivity contribution in [1.29, 1.82) is 10.5 Å². The fourth-order valence-corrected chi connectivity index (χ4v) is 1.88. The molecule has 17 heavy (non-hydrogen) atoms. The van der Waals surface area contributed by atoms with Crippen LogP contribution in [0.4, 0.5) is 5.69 Å². The van der Waals surface area contributed by atoms with E-state index in [9.17, 15) is 0 Å². The fraction of sp³-hybridized carbons (Fsp3) is 0.100. The van der Waals surface area contributed by atoms with Gasteiger partial charge in [-0.05, 0) is 34.7 Å². The molecule has 1 rings (SSSR count). The molecular formula is C10H6ClIN4O. The molecule has 0 aliphatic rings. The Morgan fingerprint density at radius 2 is 2.12 bits per heavy atom. The summed E-state index contributed by atoms with van der Waals surface area (Å²) < 4.78 is 6.00. The number of nitriles is 2. The second-order valence-corrected chi connectivity index (χ2v) is 4.30. The standard InChI is InChI=1S/C10H6ClIN4O/c1-17-10-8(12)3-2-7(11)9(10)16-15-6(4-13)5-14/h2-3,16H,1H3. The molecule has 86 valence electrons. The summed E-state index contributed by atoms with van der Waals surface area (Å²) in [6.07, 6.45) is 0. The molecule has 0 atom stereocenters. The van der Waals surface area contributed by atoms with Gasteiger partial charge in [0, 0.05) is 0 Å². The van der Waals surface area contributed by atoms with Crippen molar-refractivity contribution in [1.82, 2.24) is 0 Å². The maximum absolute atomic E-state index is 8.55. The zero-order chi connectivity index (χ0) is 12.8. The molecule has 0 spiro atoms. The Labute approximate surface area is 117 Å². The molecule has 0 unspecified atom stereocenters. The average Bonchev–Trinajstić information content (AvgIpc) is 2.34. The summed E-state index contributed by atoms with van der Waals surface area (Å²) >= 11 is 8.05. The van der Waals surface area contributed by atoms with Crippen molar-refractivity contribution in [2.75, 3.05) is 12.5 Å². The van der Waals surface area contributed by atoms with Gasteiger partial charge in [0.05, 0.1) is 15.7 Å². The van der Waals surface area contributed by atoms with E-state index >= 15 is 0 Å². The number of methoxy groups -OCH3 is 1. The highest BCUT2D eigenvalue weighted by Gasteiger charge is 2.11. The van der Waals surface area contributed by atoms with Crippen LogP contribution in [0.5, 0.6) is 5.75 Å². The number of nitrogens with one attached hydrogen (secondary N) is 1. The summed E-state index contributed by atoms with van der Waals surface area (Å²) in [5.74, 6) is 0.511. The van der Waals surface area contributed by atoms with Gasteiger partial charge < -0.3 is 4.74 Å². The van der Waals surface area contributed by atoms with Gasteiger partial charge in [-0.3, -0.25) is 5.43 Å². The van der Waals surface area contributed by atoms with Crippen molar-refractivity contribution < 1.29 is 4.74 Å². The van der Waals surface area contributed by atoms with Gasteiger partial charge in [-0.25, -0.2) is 0 Å². The molecule has 1 aromatic rings. The van der Waals surface area contributed by atoms with E-state index in [4.69, 9.17) is 26.9 Å². The van der Waals surface area contributed by atoms with Gasteiger partial charge in [0.1, 0.15) is 17.8 Å². The highest BCUT2D eigenvalue weighted by molar-refractivity contribution is 14.1. The van der Waals surface area contributed by atoms with Gasteiger partial charge in [0.25, 0.3) is 0 Å². The number of anilines is 1. The van der Waals surface area contributed by atoms with Gasteiger partial charge in [0.15, 0.2) is 5.75 Å². The molecule has 0 aliphatic carbocycles. The molecule has 0 bridgehead atoms. The van der Waals surface area contributed by atoms with Crippen LogP contribution in [-0.4, -0.2) is 12.8 Å². The Morgan fingerprint density at radius 3 is 2.65 bits per heavy atom. The van der Waals surface area contributed by atoms with E-state index in [1.165, 1.54) is 7.11 Å². The number of hydrogen-bond acceptors (Lipinski definition) is 5. The van der Waals surface area contributed by atoms with E-state index in [0.717, 1.165) is 3.57 Å². The molecule has 0 aromatic heterocycles. The zero-order valence-electron chi connectivity index (χ0n) is 8.66. The summed E-state index contributed by atoms with van der Waals surface area (Å²) in [7, 11) is 1.50. The zero-order valence-corrected chi connectivity index (χ0v) is 11.6. The maximum Gasteiger partial charge on any atom is 0.237 e. The quantitative estimate of drug-likeness (QED) is 0.510. The van der Waals surface area contributed by atoms with Crippen molar-refractivity contribution in [3.05, 3.63) is 20.7 Å². The fourth-order valence-electron chi connectivity index (χ4n) is 1.02. The lowest BCUT2D eigenvalue weighted by molar-refractivity contribution is 0.413. The van der Waals surface area contributed by atoms with Crippen LogP contribution < -0.4 is 10.2 Å². The molecule has 5 nitrogen and oxygen atoms in total. The molecule has 1 N–H and O–H groups in total. The van der Waals surface area contributed by atoms with Gasteiger partial charge in [-0.1, -0.05) is 11.6 Å². The molecule has 0 amide bonds. The minimum Gasteiger partial charge on any atom is -0.493 e. The third-order valence-corrected chi connectivity index (χ3v) is 2.92. The van der Waals surface area contributed by atoms with Crippen molar-refractivity contribution in [2.45, 2.75) is 0 Å². The van der Waals surface area contributed by atoms with Gasteiger partial charge in [-0.2, -0.15) is 15.6 Å². The van der Waals surface area contributed by atoms with Crippen molar-refractivity contribution >= 4 is 45.6 Å². The molecule has 7 heteroatoms. The second-order valence-electron chi connectivity index (χ2n) is 2.73. The number of nitrogens with zero attached hydrogens (tertiary/aromatic N) is 3. The first kappa shape index (κ1) is 13.6. The summed E-state index contributed by atoms with van der Waals surface area (Å²) in [5, 5.41) is 21.1. The van der Waals surface area contributed by atoms with Crippen molar-refractivity contribution in [2.24, 2.45) is 5.10 Å². The Bertz CT molecular complexity index is 528. The molecular weight excluding hydrogens is 354 g/mol. The van der Waals surface area contributed by atoms with Crippen LogP contribution in [0, 0.1) is 26.2 Å². The second kappa shape index (κ2) is 6.28. The smallest absolute Gasteiger partial charge is 0.237 e. The van der Waals surface area contributed by atoms with E-state index in [2.05, 4.69) is 33.1 Å². The van der Waals surface area contributed by atoms with Crippen LogP contribution in [0.25, 0.3) is 0 Å². The van der Waals surface area contributed by atoms with Gasteiger partial charge in [0.2, 0.25) is 5.71 Å². The minimum atomic E-state index is -0.290. The van der Waals surface area contributed by atoms with Gasteiger partial charge >= 0.3 is 0 Å². The van der Waals surface area contributed by atoms with E-state index in [-0.39, 0.29) is 5.71 Å². The number of hydrazone groups is 1. The Kier molecular flexibility index (Phi) is 5.01. The summed E-state index contributed by atoms with van der Waals surface area (Å²) in [6.45, 7) is 0. The molecule has 0 radical (unpaired) electrons. The average molecular weight is 361 g/mol. The third kappa shape index (κ3) is 3.22. The first-order chi connectivity index (χ1) is 8.13. The molecule has 0 saturated carbocycles. The first-order valence-electron chi connectivity index (χ1n) is 4.30. The molecule has 0 fully saturated rings. The summed E-state index contributed by atoms with van der Waals surface area (Å²) in [4.78, 5) is 0. The predicted molar refractivity (Wildman–Crippen MR) is 73.0 cm³/mol. The van der Waals surface area contributed by atoms with E-state index in [1.807, 2.05) is 0 Å². The largest absolute Gasteiger partial charge is 0.493 e. The van der Waals surface area contributed by atoms with Crippen LogP contribution in [0.2, 0.25) is 5.02 Å². The summed E-state index contributed by atoms with van der Waals surface area (Å²) in [6, 6.07) is 6.72. The van der Waals surface area contributed by atoms with Gasteiger partial charge in [-0.15, -0.1) is 0 Å². The molecule has 0 aliphatic heterocycles. The Hall–Kier alpha value is -1.51. The lowest BCUT2D eigenvalue weighted by Crippen LogP contribution is -2.00. The van der Waals surface area contributed by atoms with Crippen LogP contribution in [-0.2, 0) is 0 Å². The number of rotatable bonds is 3. The first-order valence-corrected chi connectivity index (χ1v) is 5.75. The third-order valence-electron chi connectivity index (χ3n) is 1.75. The SMILES string of the molecule is COc1c(I)ccc(Cl)c1NN=C(C#N)C#N. The number of hydrogen-bond donors (Lipinski definition) is 1. The lowest BCUT2D eigenvalue weighted by atomic mass is 10.3. The predicted octanol–water partition coefficient (Wildman–Crippen LogP) is 2.77. The number of ether oxygens (including phenoxy) is 1. The molecule has 0 saturated heterocycles. The monoisotopic (exact) mass is 360 g/mol. The van der Waals surface area contributed by atoms with E-state index in [0.29, 0.717) is 16.5 Å². The Morgan fingerprint density at radius 1 is 1.47 bits per heavy atom. The highest BCUT2D eigenvalue weighted by Crippen LogP contribution is 2.36. The van der Waals surface area contributed by atoms with Crippen LogP contribution in [0.3, 0.4) is 0 Å². The molecule has 1 aromatic carbocycles. The normalized spacial score (nSPS) is 8.76. The van der Waals surface area contributed by atoms with Crippen LogP contribution >= 0.6 is 34.2 Å². The van der Waals surface area contributed by atoms with E-state index in [1.54, 1.807) is 24.3 Å². The molecule has 0 heterocycles. The Balaban J connectivity index is 3.16. The van der Waals surface area contributed by atoms with Crippen LogP contribution in [0.1, 0.15) is 0 Å². The minimum absolute atomic E-state index is 0.290. The van der Waals surface area contributed by atoms with Crippen molar-refractivity contribution in [3.8, 4) is 17.9 Å². The van der Waals surface area contributed by atoms with Crippen LogP contribution in [0.15, 0.2) is 17.2 Å².